The Morgan fingerprint density at radius 3 is 2.74 bits per heavy atom. The van der Waals surface area contributed by atoms with Gasteiger partial charge in [0.15, 0.2) is 0 Å². The van der Waals surface area contributed by atoms with Crippen LogP contribution in [0, 0.1) is 0 Å². The van der Waals surface area contributed by atoms with E-state index in [4.69, 9.17) is 11.6 Å². The van der Waals surface area contributed by atoms with Crippen LogP contribution in [0.5, 0.6) is 0 Å². The molecule has 120 valence electrons. The van der Waals surface area contributed by atoms with Crippen LogP contribution in [0.2, 0.25) is 5.02 Å². The normalized spacial score (nSPS) is 15.0. The minimum atomic E-state index is -0.0280. The highest BCUT2D eigenvalue weighted by Crippen LogP contribution is 2.26. The van der Waals surface area contributed by atoms with Crippen molar-refractivity contribution in [2.45, 2.75) is 25.8 Å². The standard InChI is InChI=1S/C19H21ClN2O/c1-14(15-8-10-17(20)11-9-15)21-19(23)13-22-12-4-6-16-5-2-3-7-18(16)22/h2-3,5,7-11,14H,4,6,12-13H2,1H3,(H,21,23). The van der Waals surface area contributed by atoms with Gasteiger partial charge in [-0.1, -0.05) is 41.9 Å². The third-order valence-electron chi connectivity index (χ3n) is 4.29. The molecule has 2 aromatic carbocycles. The predicted octanol–water partition coefficient (Wildman–Crippen LogP) is 3.97. The molecule has 23 heavy (non-hydrogen) atoms. The van der Waals surface area contributed by atoms with Gasteiger partial charge in [-0.15, -0.1) is 0 Å². The topological polar surface area (TPSA) is 32.3 Å². The summed E-state index contributed by atoms with van der Waals surface area (Å²) in [5.41, 5.74) is 3.58. The number of fused-ring (bicyclic) bond motifs is 1. The highest BCUT2D eigenvalue weighted by Gasteiger charge is 2.19. The molecule has 0 spiro atoms. The lowest BCUT2D eigenvalue weighted by Gasteiger charge is -2.31. The van der Waals surface area contributed by atoms with Crippen LogP contribution in [0.3, 0.4) is 0 Å². The van der Waals surface area contributed by atoms with Gasteiger partial charge >= 0.3 is 0 Å². The van der Waals surface area contributed by atoms with Crippen LogP contribution < -0.4 is 10.2 Å². The summed E-state index contributed by atoms with van der Waals surface area (Å²) in [6, 6.07) is 15.9. The molecule has 1 aliphatic rings. The SMILES string of the molecule is CC(NC(=O)CN1CCCc2ccccc21)c1ccc(Cl)cc1. The average molecular weight is 329 g/mol. The number of para-hydroxylation sites is 1. The fourth-order valence-electron chi connectivity index (χ4n) is 3.07. The Bertz CT molecular complexity index is 684. The number of hydrogen-bond acceptors (Lipinski definition) is 2. The van der Waals surface area contributed by atoms with Crippen molar-refractivity contribution in [3.63, 3.8) is 0 Å². The third-order valence-corrected chi connectivity index (χ3v) is 4.54. The summed E-state index contributed by atoms with van der Waals surface area (Å²) in [4.78, 5) is 14.6. The Kier molecular flexibility index (Phi) is 4.87. The maximum Gasteiger partial charge on any atom is 0.239 e. The third kappa shape index (κ3) is 3.85. The molecule has 1 N–H and O–H groups in total. The van der Waals surface area contributed by atoms with Gasteiger partial charge in [-0.3, -0.25) is 4.79 Å². The molecular weight excluding hydrogens is 308 g/mol. The van der Waals surface area contributed by atoms with Crippen molar-refractivity contribution in [1.82, 2.24) is 5.32 Å². The van der Waals surface area contributed by atoms with Gasteiger partial charge in [-0.2, -0.15) is 0 Å². The number of amides is 1. The number of halogens is 1. The second-order valence-electron chi connectivity index (χ2n) is 5.99. The second kappa shape index (κ2) is 7.05. The number of nitrogens with zero attached hydrogens (tertiary/aromatic N) is 1. The molecule has 0 saturated heterocycles. The summed E-state index contributed by atoms with van der Waals surface area (Å²) in [6.45, 7) is 3.32. The summed E-state index contributed by atoms with van der Waals surface area (Å²) >= 11 is 5.90. The van der Waals surface area contributed by atoms with E-state index in [1.807, 2.05) is 37.3 Å². The lowest BCUT2D eigenvalue weighted by molar-refractivity contribution is -0.120. The molecule has 2 aromatic rings. The first-order valence-electron chi connectivity index (χ1n) is 8.01. The highest BCUT2D eigenvalue weighted by molar-refractivity contribution is 6.30. The molecule has 1 aliphatic heterocycles. The van der Waals surface area contributed by atoms with Crippen LogP contribution in [0.4, 0.5) is 5.69 Å². The van der Waals surface area contributed by atoms with Crippen LogP contribution >= 0.6 is 11.6 Å². The van der Waals surface area contributed by atoms with Crippen molar-refractivity contribution in [3.05, 3.63) is 64.7 Å². The zero-order chi connectivity index (χ0) is 16.2. The zero-order valence-corrected chi connectivity index (χ0v) is 14.0. The fraction of sp³-hybridized carbons (Fsp3) is 0.316. The van der Waals surface area contributed by atoms with Gasteiger partial charge in [0.2, 0.25) is 5.91 Å². The first-order valence-corrected chi connectivity index (χ1v) is 8.39. The van der Waals surface area contributed by atoms with Crippen LogP contribution in [0.1, 0.15) is 30.5 Å². The lowest BCUT2D eigenvalue weighted by Crippen LogP contribution is -2.40. The smallest absolute Gasteiger partial charge is 0.239 e. The van der Waals surface area contributed by atoms with Gasteiger partial charge in [0.05, 0.1) is 12.6 Å². The van der Waals surface area contributed by atoms with Crippen molar-refractivity contribution in [1.29, 1.82) is 0 Å². The van der Waals surface area contributed by atoms with Crippen molar-refractivity contribution in [3.8, 4) is 0 Å². The van der Waals surface area contributed by atoms with Gasteiger partial charge < -0.3 is 10.2 Å². The van der Waals surface area contributed by atoms with Crippen LogP contribution in [0.25, 0.3) is 0 Å². The van der Waals surface area contributed by atoms with E-state index in [9.17, 15) is 4.79 Å². The number of hydrogen-bond donors (Lipinski definition) is 1. The molecule has 0 saturated carbocycles. The number of carbonyl (C=O) groups excluding carboxylic acids is 1. The first-order chi connectivity index (χ1) is 11.1. The molecule has 0 aromatic heterocycles. The summed E-state index contributed by atoms with van der Waals surface area (Å²) in [5.74, 6) is 0.0455. The molecule has 0 fully saturated rings. The van der Waals surface area contributed by atoms with E-state index >= 15 is 0 Å². The van der Waals surface area contributed by atoms with Gasteiger partial charge in [-0.25, -0.2) is 0 Å². The maximum absolute atomic E-state index is 12.4. The number of rotatable bonds is 4. The summed E-state index contributed by atoms with van der Waals surface area (Å²) in [7, 11) is 0. The van der Waals surface area contributed by atoms with E-state index in [1.165, 1.54) is 11.3 Å². The van der Waals surface area contributed by atoms with Crippen LogP contribution in [-0.4, -0.2) is 19.0 Å². The largest absolute Gasteiger partial charge is 0.362 e. The molecule has 0 radical (unpaired) electrons. The summed E-state index contributed by atoms with van der Waals surface area (Å²) < 4.78 is 0. The number of carbonyl (C=O) groups is 1. The number of anilines is 1. The Morgan fingerprint density at radius 2 is 1.96 bits per heavy atom. The molecule has 1 atom stereocenters. The molecular formula is C19H21ClN2O. The number of benzene rings is 2. The van der Waals surface area contributed by atoms with Crippen molar-refractivity contribution >= 4 is 23.2 Å². The maximum atomic E-state index is 12.4. The molecule has 3 nitrogen and oxygen atoms in total. The van der Waals surface area contributed by atoms with E-state index in [2.05, 4.69) is 28.4 Å². The van der Waals surface area contributed by atoms with Crippen molar-refractivity contribution in [2.75, 3.05) is 18.0 Å². The fourth-order valence-corrected chi connectivity index (χ4v) is 3.20. The van der Waals surface area contributed by atoms with Gasteiger partial charge in [0.1, 0.15) is 0 Å². The average Bonchev–Trinajstić information content (AvgIpc) is 2.55. The van der Waals surface area contributed by atoms with E-state index < -0.39 is 0 Å². The highest BCUT2D eigenvalue weighted by atomic mass is 35.5. The Morgan fingerprint density at radius 1 is 1.22 bits per heavy atom. The Hall–Kier alpha value is -2.00. The molecule has 3 rings (SSSR count). The van der Waals surface area contributed by atoms with Gasteiger partial charge in [0.25, 0.3) is 0 Å². The van der Waals surface area contributed by atoms with E-state index in [0.717, 1.165) is 24.9 Å². The van der Waals surface area contributed by atoms with E-state index in [0.29, 0.717) is 11.6 Å². The Labute approximate surface area is 142 Å². The monoisotopic (exact) mass is 328 g/mol. The molecule has 4 heteroatoms. The predicted molar refractivity (Wildman–Crippen MR) is 95.0 cm³/mol. The minimum Gasteiger partial charge on any atom is -0.362 e. The summed E-state index contributed by atoms with van der Waals surface area (Å²) in [6.07, 6.45) is 2.19. The van der Waals surface area contributed by atoms with Crippen LogP contribution in [-0.2, 0) is 11.2 Å². The number of nitrogens with one attached hydrogen (secondary N) is 1. The second-order valence-corrected chi connectivity index (χ2v) is 6.43. The molecule has 1 amide bonds. The van der Waals surface area contributed by atoms with Gasteiger partial charge in [-0.05, 0) is 49.1 Å². The molecule has 1 unspecified atom stereocenters. The molecule has 1 heterocycles. The molecule has 0 bridgehead atoms. The van der Waals surface area contributed by atoms with Gasteiger partial charge in [0, 0.05) is 17.3 Å². The van der Waals surface area contributed by atoms with Crippen molar-refractivity contribution in [2.24, 2.45) is 0 Å². The zero-order valence-electron chi connectivity index (χ0n) is 13.3. The van der Waals surface area contributed by atoms with E-state index in [1.54, 1.807) is 0 Å². The van der Waals surface area contributed by atoms with E-state index in [-0.39, 0.29) is 11.9 Å². The van der Waals surface area contributed by atoms with Crippen LogP contribution in [0.15, 0.2) is 48.5 Å². The first kappa shape index (κ1) is 15.9. The summed E-state index contributed by atoms with van der Waals surface area (Å²) in [5, 5.41) is 3.78. The Balaban J connectivity index is 1.63. The minimum absolute atomic E-state index is 0.0280. The number of aryl methyl sites for hydroxylation is 1. The van der Waals surface area contributed by atoms with Crippen molar-refractivity contribution < 1.29 is 4.79 Å². The quantitative estimate of drug-likeness (QED) is 0.921. The lowest BCUT2D eigenvalue weighted by atomic mass is 10.0. The molecule has 0 aliphatic carbocycles.